The summed E-state index contributed by atoms with van der Waals surface area (Å²) in [5.41, 5.74) is 2.67. The average Bonchev–Trinajstić information content (AvgIpc) is 2.67. The van der Waals surface area contributed by atoms with Gasteiger partial charge in [0.05, 0.1) is 11.4 Å². The first-order valence-electron chi connectivity index (χ1n) is 8.54. The molecule has 3 rings (SSSR count). The van der Waals surface area contributed by atoms with Crippen LogP contribution < -0.4 is 16.7 Å². The van der Waals surface area contributed by atoms with E-state index in [2.05, 4.69) is 22.1 Å². The summed E-state index contributed by atoms with van der Waals surface area (Å²) in [4.78, 5) is 26.4. The van der Waals surface area contributed by atoms with Gasteiger partial charge in [0.15, 0.2) is 0 Å². The van der Waals surface area contributed by atoms with Crippen LogP contribution in [0.1, 0.15) is 18.9 Å². The van der Waals surface area contributed by atoms with Crippen LogP contribution >= 0.6 is 0 Å². The summed E-state index contributed by atoms with van der Waals surface area (Å²) in [6, 6.07) is 13.6. The van der Waals surface area contributed by atoms with Crippen LogP contribution in [-0.4, -0.2) is 20.4 Å². The van der Waals surface area contributed by atoms with E-state index in [1.54, 1.807) is 0 Å². The molecule has 1 aromatic heterocycles. The van der Waals surface area contributed by atoms with E-state index >= 15 is 0 Å². The van der Waals surface area contributed by atoms with E-state index in [0.717, 1.165) is 21.0 Å². The summed E-state index contributed by atoms with van der Waals surface area (Å²) in [5.74, 6) is -0.427. The molecule has 2 aromatic carbocycles. The number of fused-ring (bicyclic) bond motifs is 1. The van der Waals surface area contributed by atoms with Crippen molar-refractivity contribution in [3.8, 4) is 5.88 Å². The van der Waals surface area contributed by atoms with Gasteiger partial charge < -0.3 is 5.11 Å². The standard InChI is InChI=1S/C20H20N4O3/c1-3-12-24-19(26)17(18(25)21-20(24)27)15(4-2)22-23-16-11-7-9-13-8-5-6-10-14(13)16/h3,5-11,23,26H,1,4,12H2,2H3,(H,21,25,27). The first-order valence-corrected chi connectivity index (χ1v) is 8.54. The number of nitrogens with one attached hydrogen (secondary N) is 2. The van der Waals surface area contributed by atoms with Crippen LogP contribution in [0.25, 0.3) is 10.8 Å². The first kappa shape index (κ1) is 18.2. The molecule has 3 N–H and O–H groups in total. The fourth-order valence-electron chi connectivity index (χ4n) is 2.88. The van der Waals surface area contributed by atoms with Gasteiger partial charge in [0, 0.05) is 11.9 Å². The number of aromatic nitrogens is 2. The number of hydrogen-bond acceptors (Lipinski definition) is 5. The van der Waals surface area contributed by atoms with Gasteiger partial charge in [0.25, 0.3) is 5.56 Å². The van der Waals surface area contributed by atoms with Crippen LogP contribution in [0.4, 0.5) is 5.69 Å². The summed E-state index contributed by atoms with van der Waals surface area (Å²) in [7, 11) is 0. The van der Waals surface area contributed by atoms with Crippen LogP contribution in [0.5, 0.6) is 5.88 Å². The van der Waals surface area contributed by atoms with E-state index in [-0.39, 0.29) is 12.1 Å². The topological polar surface area (TPSA) is 99.5 Å². The Hall–Kier alpha value is -3.61. The van der Waals surface area contributed by atoms with E-state index in [4.69, 9.17) is 0 Å². The summed E-state index contributed by atoms with van der Waals surface area (Å²) < 4.78 is 1.03. The van der Waals surface area contributed by atoms with Gasteiger partial charge in [-0.3, -0.25) is 19.8 Å². The fraction of sp³-hybridized carbons (Fsp3) is 0.150. The van der Waals surface area contributed by atoms with Crippen molar-refractivity contribution in [3.63, 3.8) is 0 Å². The maximum atomic E-state index is 12.3. The third-order valence-corrected chi connectivity index (χ3v) is 4.21. The lowest BCUT2D eigenvalue weighted by molar-refractivity contribution is 0.409. The molecular weight excluding hydrogens is 344 g/mol. The Labute approximate surface area is 155 Å². The van der Waals surface area contributed by atoms with Crippen molar-refractivity contribution in [2.24, 2.45) is 5.10 Å². The quantitative estimate of drug-likeness (QED) is 0.356. The zero-order valence-electron chi connectivity index (χ0n) is 14.9. The third kappa shape index (κ3) is 3.52. The van der Waals surface area contributed by atoms with Crippen molar-refractivity contribution in [2.45, 2.75) is 19.9 Å². The van der Waals surface area contributed by atoms with E-state index in [1.807, 2.05) is 49.4 Å². The predicted octanol–water partition coefficient (Wildman–Crippen LogP) is 2.81. The normalized spacial score (nSPS) is 11.5. The number of aromatic amines is 1. The fourth-order valence-corrected chi connectivity index (χ4v) is 2.88. The van der Waals surface area contributed by atoms with Crippen LogP contribution in [0.3, 0.4) is 0 Å². The van der Waals surface area contributed by atoms with Crippen LogP contribution in [-0.2, 0) is 6.54 Å². The molecule has 0 aliphatic rings. The number of benzene rings is 2. The van der Waals surface area contributed by atoms with Gasteiger partial charge in [-0.1, -0.05) is 49.4 Å². The molecule has 0 radical (unpaired) electrons. The van der Waals surface area contributed by atoms with Crippen LogP contribution in [0.2, 0.25) is 0 Å². The second-order valence-corrected chi connectivity index (χ2v) is 5.91. The minimum atomic E-state index is -0.696. The minimum Gasteiger partial charge on any atom is -0.494 e. The highest BCUT2D eigenvalue weighted by molar-refractivity contribution is 6.03. The predicted molar refractivity (Wildman–Crippen MR) is 108 cm³/mol. The van der Waals surface area contributed by atoms with Crippen LogP contribution in [0.15, 0.2) is 69.8 Å². The summed E-state index contributed by atoms with van der Waals surface area (Å²) in [6.45, 7) is 5.44. The highest BCUT2D eigenvalue weighted by Gasteiger charge is 2.18. The van der Waals surface area contributed by atoms with Crippen molar-refractivity contribution in [2.75, 3.05) is 5.43 Å². The third-order valence-electron chi connectivity index (χ3n) is 4.21. The highest BCUT2D eigenvalue weighted by Crippen LogP contribution is 2.23. The molecule has 7 heteroatoms. The lowest BCUT2D eigenvalue weighted by Gasteiger charge is -2.12. The Morgan fingerprint density at radius 1 is 1.26 bits per heavy atom. The molecule has 27 heavy (non-hydrogen) atoms. The number of anilines is 1. The maximum Gasteiger partial charge on any atom is 0.331 e. The van der Waals surface area contributed by atoms with Crippen molar-refractivity contribution in [1.29, 1.82) is 0 Å². The largest absolute Gasteiger partial charge is 0.494 e. The van der Waals surface area contributed by atoms with Gasteiger partial charge in [-0.05, 0) is 17.9 Å². The second kappa shape index (κ2) is 7.74. The monoisotopic (exact) mass is 364 g/mol. The number of nitrogens with zero attached hydrogens (tertiary/aromatic N) is 2. The SMILES string of the molecule is C=CCn1c(O)c(C(CC)=NNc2cccc3ccccc23)c(=O)[nH]c1=O. The van der Waals surface area contributed by atoms with Crippen molar-refractivity contribution in [3.05, 3.63) is 81.5 Å². The van der Waals surface area contributed by atoms with Gasteiger partial charge in [-0.25, -0.2) is 4.79 Å². The van der Waals surface area contributed by atoms with Crippen molar-refractivity contribution in [1.82, 2.24) is 9.55 Å². The number of hydrazone groups is 1. The number of rotatable bonds is 6. The van der Waals surface area contributed by atoms with E-state index < -0.39 is 17.1 Å². The molecule has 0 fully saturated rings. The van der Waals surface area contributed by atoms with E-state index in [9.17, 15) is 14.7 Å². The molecule has 0 bridgehead atoms. The van der Waals surface area contributed by atoms with E-state index in [0.29, 0.717) is 12.1 Å². The average molecular weight is 364 g/mol. The van der Waals surface area contributed by atoms with Crippen molar-refractivity contribution < 1.29 is 5.11 Å². The number of aromatic hydroxyl groups is 1. The van der Waals surface area contributed by atoms with Gasteiger partial charge >= 0.3 is 5.69 Å². The maximum absolute atomic E-state index is 12.3. The zero-order valence-corrected chi connectivity index (χ0v) is 14.9. The minimum absolute atomic E-state index is 0.0355. The Balaban J connectivity index is 2.07. The molecule has 0 atom stereocenters. The molecule has 138 valence electrons. The smallest absolute Gasteiger partial charge is 0.331 e. The van der Waals surface area contributed by atoms with Gasteiger partial charge in [0.2, 0.25) is 5.88 Å². The molecule has 1 heterocycles. The number of allylic oxidation sites excluding steroid dienone is 1. The molecule has 0 saturated heterocycles. The lowest BCUT2D eigenvalue weighted by Crippen LogP contribution is -2.33. The highest BCUT2D eigenvalue weighted by atomic mass is 16.3. The van der Waals surface area contributed by atoms with Gasteiger partial charge in [0.1, 0.15) is 5.56 Å². The Bertz CT molecular complexity index is 1140. The summed E-state index contributed by atoms with van der Waals surface area (Å²) >= 11 is 0. The molecule has 7 nitrogen and oxygen atoms in total. The summed E-state index contributed by atoms with van der Waals surface area (Å²) in [5, 5.41) is 16.8. The Morgan fingerprint density at radius 2 is 2.00 bits per heavy atom. The molecule has 0 saturated carbocycles. The number of H-pyrrole nitrogens is 1. The summed E-state index contributed by atoms with van der Waals surface area (Å²) in [6.07, 6.45) is 1.83. The van der Waals surface area contributed by atoms with Crippen LogP contribution in [0, 0.1) is 0 Å². The molecule has 0 aliphatic carbocycles. The molecule has 0 spiro atoms. The van der Waals surface area contributed by atoms with Gasteiger partial charge in [-0.15, -0.1) is 6.58 Å². The molecule has 0 amide bonds. The number of hydrogen-bond donors (Lipinski definition) is 3. The molecule has 0 aliphatic heterocycles. The van der Waals surface area contributed by atoms with Gasteiger partial charge in [-0.2, -0.15) is 5.10 Å². The lowest BCUT2D eigenvalue weighted by atomic mass is 10.1. The molecule has 3 aromatic rings. The van der Waals surface area contributed by atoms with E-state index in [1.165, 1.54) is 6.08 Å². The Kier molecular flexibility index (Phi) is 5.21. The van der Waals surface area contributed by atoms with Crippen molar-refractivity contribution >= 4 is 22.2 Å². The molecule has 0 unspecified atom stereocenters. The molecular formula is C20H20N4O3. The Morgan fingerprint density at radius 3 is 2.74 bits per heavy atom. The first-order chi connectivity index (χ1) is 13.1. The zero-order chi connectivity index (χ0) is 19.4. The second-order valence-electron chi connectivity index (χ2n) is 5.91.